The van der Waals surface area contributed by atoms with E-state index < -0.39 is 10.1 Å². The van der Waals surface area contributed by atoms with Gasteiger partial charge in [0.25, 0.3) is 10.1 Å². The predicted molar refractivity (Wildman–Crippen MR) is 56.6 cm³/mol. The smallest absolute Gasteiger partial charge is 0.270 e. The minimum atomic E-state index is -3.28. The molecule has 0 aromatic rings. The Morgan fingerprint density at radius 2 is 1.79 bits per heavy atom. The van der Waals surface area contributed by atoms with Gasteiger partial charge in [-0.15, -0.1) is 0 Å². The van der Waals surface area contributed by atoms with Crippen LogP contribution in [0, 0.1) is 5.92 Å². The van der Waals surface area contributed by atoms with Gasteiger partial charge in [-0.3, -0.25) is 4.18 Å². The van der Waals surface area contributed by atoms with Crippen molar-refractivity contribution in [3.05, 3.63) is 0 Å². The molecular weight excluding hydrogens is 200 g/mol. The summed E-state index contributed by atoms with van der Waals surface area (Å²) in [5, 5.41) is -0.241. The molecule has 0 heterocycles. The lowest BCUT2D eigenvalue weighted by Crippen LogP contribution is -2.27. The van der Waals surface area contributed by atoms with E-state index >= 15 is 0 Å². The maximum absolute atomic E-state index is 11.7. The second-order valence-electron chi connectivity index (χ2n) is 4.43. The lowest BCUT2D eigenvalue weighted by Gasteiger charge is -2.21. The van der Waals surface area contributed by atoms with Gasteiger partial charge in [-0.2, -0.15) is 8.42 Å². The van der Waals surface area contributed by atoms with Crippen LogP contribution in [0.25, 0.3) is 0 Å². The molecule has 0 bridgehead atoms. The molecule has 0 radical (unpaired) electrons. The zero-order valence-electron chi connectivity index (χ0n) is 9.03. The highest BCUT2D eigenvalue weighted by molar-refractivity contribution is 7.87. The van der Waals surface area contributed by atoms with Crippen molar-refractivity contribution in [3.8, 4) is 0 Å². The van der Waals surface area contributed by atoms with Crippen LogP contribution in [0.2, 0.25) is 0 Å². The van der Waals surface area contributed by atoms with Crippen molar-refractivity contribution in [2.45, 2.75) is 51.2 Å². The first kappa shape index (κ1) is 12.0. The van der Waals surface area contributed by atoms with Crippen LogP contribution >= 0.6 is 0 Å². The van der Waals surface area contributed by atoms with E-state index in [1.54, 1.807) is 0 Å². The quantitative estimate of drug-likeness (QED) is 0.683. The van der Waals surface area contributed by atoms with Gasteiger partial charge in [-0.25, -0.2) is 0 Å². The molecule has 1 rings (SSSR count). The lowest BCUT2D eigenvalue weighted by atomic mass is 10.0. The number of hydrogen-bond donors (Lipinski definition) is 0. The number of rotatable bonds is 4. The predicted octanol–water partition coefficient (Wildman–Crippen LogP) is 2.32. The van der Waals surface area contributed by atoms with E-state index in [4.69, 9.17) is 4.18 Å². The van der Waals surface area contributed by atoms with Gasteiger partial charge in [-0.05, 0) is 18.8 Å². The van der Waals surface area contributed by atoms with E-state index in [1.165, 1.54) is 0 Å². The highest BCUT2D eigenvalue weighted by Gasteiger charge is 2.28. The molecule has 1 aliphatic carbocycles. The molecular formula is C10H20O3S. The third-order valence-electron chi connectivity index (χ3n) is 2.53. The second kappa shape index (κ2) is 5.12. The Morgan fingerprint density at radius 1 is 1.21 bits per heavy atom. The Labute approximate surface area is 87.0 Å². The maximum atomic E-state index is 11.7. The first-order valence-electron chi connectivity index (χ1n) is 5.40. The second-order valence-corrected chi connectivity index (χ2v) is 6.32. The van der Waals surface area contributed by atoms with Gasteiger partial charge < -0.3 is 0 Å². The summed E-state index contributed by atoms with van der Waals surface area (Å²) in [6, 6.07) is 0. The van der Waals surface area contributed by atoms with E-state index in [2.05, 4.69) is 0 Å². The van der Waals surface area contributed by atoms with Crippen molar-refractivity contribution in [3.63, 3.8) is 0 Å². The third-order valence-corrected chi connectivity index (χ3v) is 4.28. The average molecular weight is 220 g/mol. The van der Waals surface area contributed by atoms with Crippen LogP contribution in [-0.4, -0.2) is 20.3 Å². The van der Waals surface area contributed by atoms with E-state index in [9.17, 15) is 8.42 Å². The fraction of sp³-hybridized carbons (Fsp3) is 1.00. The third kappa shape index (κ3) is 3.58. The first-order chi connectivity index (χ1) is 6.52. The number of hydrogen-bond acceptors (Lipinski definition) is 3. The molecule has 0 unspecified atom stereocenters. The van der Waals surface area contributed by atoms with Crippen molar-refractivity contribution in [2.24, 2.45) is 5.92 Å². The van der Waals surface area contributed by atoms with Crippen molar-refractivity contribution in [2.75, 3.05) is 6.61 Å². The van der Waals surface area contributed by atoms with Gasteiger partial charge in [0, 0.05) is 0 Å². The fourth-order valence-electron chi connectivity index (χ4n) is 1.68. The van der Waals surface area contributed by atoms with Gasteiger partial charge >= 0.3 is 0 Å². The topological polar surface area (TPSA) is 43.4 Å². The van der Waals surface area contributed by atoms with E-state index in [1.807, 2.05) is 13.8 Å². The Balaban J connectivity index is 2.46. The van der Waals surface area contributed by atoms with E-state index in [0.717, 1.165) is 32.1 Å². The van der Waals surface area contributed by atoms with Crippen molar-refractivity contribution in [1.29, 1.82) is 0 Å². The standard InChI is InChI=1S/C10H20O3S/c1-9(2)8-13-14(11,12)10-6-4-3-5-7-10/h9-10H,3-8H2,1-2H3. The highest BCUT2D eigenvalue weighted by Crippen LogP contribution is 2.24. The molecule has 4 heteroatoms. The molecule has 0 amide bonds. The van der Waals surface area contributed by atoms with E-state index in [0.29, 0.717) is 6.61 Å². The average Bonchev–Trinajstić information content (AvgIpc) is 2.16. The Kier molecular flexibility index (Phi) is 4.38. The van der Waals surface area contributed by atoms with Crippen LogP contribution < -0.4 is 0 Å². The normalized spacial score (nSPS) is 20.2. The maximum Gasteiger partial charge on any atom is 0.270 e. The molecule has 0 aliphatic heterocycles. The molecule has 14 heavy (non-hydrogen) atoms. The van der Waals surface area contributed by atoms with Gasteiger partial charge in [0.1, 0.15) is 0 Å². The first-order valence-corrected chi connectivity index (χ1v) is 6.88. The molecule has 0 aromatic heterocycles. The molecule has 84 valence electrons. The summed E-state index contributed by atoms with van der Waals surface area (Å²) in [6.45, 7) is 4.23. The van der Waals surface area contributed by atoms with Crippen molar-refractivity contribution < 1.29 is 12.6 Å². The molecule has 1 saturated carbocycles. The summed E-state index contributed by atoms with van der Waals surface area (Å²) in [7, 11) is -3.28. The van der Waals surface area contributed by atoms with Crippen LogP contribution in [0.4, 0.5) is 0 Å². The Hall–Kier alpha value is -0.0900. The van der Waals surface area contributed by atoms with Crippen LogP contribution in [0.1, 0.15) is 46.0 Å². The summed E-state index contributed by atoms with van der Waals surface area (Å²) in [5.74, 6) is 0.272. The largest absolute Gasteiger partial charge is 0.270 e. The zero-order valence-corrected chi connectivity index (χ0v) is 9.85. The van der Waals surface area contributed by atoms with Crippen molar-refractivity contribution >= 4 is 10.1 Å². The van der Waals surface area contributed by atoms with Crippen molar-refractivity contribution in [1.82, 2.24) is 0 Å². The van der Waals surface area contributed by atoms with Crippen LogP contribution in [0.3, 0.4) is 0 Å². The zero-order chi connectivity index (χ0) is 10.6. The molecule has 0 spiro atoms. The van der Waals surface area contributed by atoms with Crippen LogP contribution in [0.15, 0.2) is 0 Å². The van der Waals surface area contributed by atoms with Gasteiger partial charge in [0.2, 0.25) is 0 Å². The molecule has 0 N–H and O–H groups in total. The van der Waals surface area contributed by atoms with E-state index in [-0.39, 0.29) is 11.2 Å². The Morgan fingerprint density at radius 3 is 2.29 bits per heavy atom. The minimum absolute atomic E-state index is 0.241. The summed E-state index contributed by atoms with van der Waals surface area (Å²) in [6.07, 6.45) is 4.76. The summed E-state index contributed by atoms with van der Waals surface area (Å²) >= 11 is 0. The molecule has 1 fully saturated rings. The molecule has 0 atom stereocenters. The molecule has 0 aromatic carbocycles. The monoisotopic (exact) mass is 220 g/mol. The molecule has 0 saturated heterocycles. The highest BCUT2D eigenvalue weighted by atomic mass is 32.2. The summed E-state index contributed by atoms with van der Waals surface area (Å²) in [5.41, 5.74) is 0. The molecule has 1 aliphatic rings. The molecule has 3 nitrogen and oxygen atoms in total. The lowest BCUT2D eigenvalue weighted by molar-refractivity contribution is 0.265. The van der Waals surface area contributed by atoms with Crippen LogP contribution in [-0.2, 0) is 14.3 Å². The van der Waals surface area contributed by atoms with Gasteiger partial charge in [0.15, 0.2) is 0 Å². The summed E-state index contributed by atoms with van der Waals surface area (Å²) in [4.78, 5) is 0. The van der Waals surface area contributed by atoms with Gasteiger partial charge in [0.05, 0.1) is 11.9 Å². The summed E-state index contributed by atoms with van der Waals surface area (Å²) < 4.78 is 28.3. The SMILES string of the molecule is CC(C)COS(=O)(=O)C1CCCCC1. The fourth-order valence-corrected chi connectivity index (χ4v) is 3.25. The van der Waals surface area contributed by atoms with Crippen LogP contribution in [0.5, 0.6) is 0 Å². The Bertz CT molecular complexity index is 251. The van der Waals surface area contributed by atoms with Gasteiger partial charge in [-0.1, -0.05) is 33.1 Å². The minimum Gasteiger partial charge on any atom is -0.270 e.